The number of carbonyl (C=O) groups is 2. The van der Waals surface area contributed by atoms with Gasteiger partial charge in [0.05, 0.1) is 17.1 Å². The van der Waals surface area contributed by atoms with Crippen LogP contribution in [-0.4, -0.2) is 46.3 Å². The molecule has 31 heavy (non-hydrogen) atoms. The lowest BCUT2D eigenvalue weighted by atomic mass is 10.0. The maximum atomic E-state index is 13.0. The molecular formula is C23H26ClN5O2. The van der Waals surface area contributed by atoms with E-state index in [0.717, 1.165) is 42.5 Å². The average molecular weight is 440 g/mol. The lowest BCUT2D eigenvalue weighted by Gasteiger charge is -2.18. The Labute approximate surface area is 186 Å². The third kappa shape index (κ3) is 4.57. The van der Waals surface area contributed by atoms with Gasteiger partial charge in [0.25, 0.3) is 11.8 Å². The molecule has 0 bridgehead atoms. The lowest BCUT2D eigenvalue weighted by molar-refractivity contribution is 0.0791. The van der Waals surface area contributed by atoms with Crippen molar-refractivity contribution in [1.29, 1.82) is 0 Å². The molecule has 1 aliphatic heterocycles. The van der Waals surface area contributed by atoms with Crippen LogP contribution in [0.3, 0.4) is 0 Å². The molecule has 7 nitrogen and oxygen atoms in total. The molecule has 1 fully saturated rings. The standard InChI is InChI=1S/C23H26ClN5O2/c1-14-12-15(4-6-17(14)23(31)29-10-2-3-11-29)22(30)28-19(8-9-25)21-26-18-7-5-16(24)13-20(18)27-21/h4-7,12-13,19H,2-3,8-11,25H2,1H3,(H,26,27)(H,28,30)/t19-/m0/s1. The highest BCUT2D eigenvalue weighted by molar-refractivity contribution is 6.31. The van der Waals surface area contributed by atoms with Gasteiger partial charge in [-0.15, -0.1) is 0 Å². The number of carbonyl (C=O) groups excluding carboxylic acids is 2. The Hall–Kier alpha value is -2.90. The molecule has 2 aromatic carbocycles. The summed E-state index contributed by atoms with van der Waals surface area (Å²) in [5.74, 6) is 0.428. The number of nitrogens with two attached hydrogens (primary N) is 1. The smallest absolute Gasteiger partial charge is 0.254 e. The van der Waals surface area contributed by atoms with Gasteiger partial charge in [0.2, 0.25) is 0 Å². The van der Waals surface area contributed by atoms with E-state index in [1.165, 1.54) is 0 Å². The van der Waals surface area contributed by atoms with E-state index in [1.807, 2.05) is 17.9 Å². The summed E-state index contributed by atoms with van der Waals surface area (Å²) in [6.45, 7) is 3.85. The molecule has 0 radical (unpaired) electrons. The van der Waals surface area contributed by atoms with E-state index in [0.29, 0.717) is 34.9 Å². The molecule has 4 N–H and O–H groups in total. The van der Waals surface area contributed by atoms with Crippen molar-refractivity contribution in [2.24, 2.45) is 5.73 Å². The summed E-state index contributed by atoms with van der Waals surface area (Å²) >= 11 is 6.05. The highest BCUT2D eigenvalue weighted by Crippen LogP contribution is 2.22. The van der Waals surface area contributed by atoms with Gasteiger partial charge in [-0.3, -0.25) is 9.59 Å². The van der Waals surface area contributed by atoms with E-state index in [9.17, 15) is 9.59 Å². The predicted molar refractivity (Wildman–Crippen MR) is 121 cm³/mol. The number of amides is 2. The Kier molecular flexibility index (Phi) is 6.25. The van der Waals surface area contributed by atoms with Gasteiger partial charge in [-0.1, -0.05) is 11.6 Å². The van der Waals surface area contributed by atoms with Crippen molar-refractivity contribution >= 4 is 34.4 Å². The zero-order chi connectivity index (χ0) is 22.0. The van der Waals surface area contributed by atoms with E-state index in [1.54, 1.807) is 30.3 Å². The Morgan fingerprint density at radius 2 is 2.00 bits per heavy atom. The van der Waals surface area contributed by atoms with E-state index >= 15 is 0 Å². The molecule has 0 saturated carbocycles. The first-order valence-corrected chi connectivity index (χ1v) is 10.9. The van der Waals surface area contributed by atoms with Gasteiger partial charge in [-0.25, -0.2) is 4.98 Å². The Morgan fingerprint density at radius 3 is 2.71 bits per heavy atom. The van der Waals surface area contributed by atoms with E-state index < -0.39 is 0 Å². The normalized spacial score (nSPS) is 14.7. The van der Waals surface area contributed by atoms with E-state index in [4.69, 9.17) is 17.3 Å². The summed E-state index contributed by atoms with van der Waals surface area (Å²) in [7, 11) is 0. The number of H-pyrrole nitrogens is 1. The van der Waals surface area contributed by atoms with Gasteiger partial charge >= 0.3 is 0 Å². The SMILES string of the molecule is Cc1cc(C(=O)N[C@@H](CCN)c2nc3cc(Cl)ccc3[nH]2)ccc1C(=O)N1CCCC1. The highest BCUT2D eigenvalue weighted by atomic mass is 35.5. The van der Waals surface area contributed by atoms with Crippen molar-refractivity contribution in [3.05, 3.63) is 63.9 Å². The van der Waals surface area contributed by atoms with Crippen LogP contribution >= 0.6 is 11.6 Å². The fourth-order valence-corrected chi connectivity index (χ4v) is 4.15. The number of benzene rings is 2. The Balaban J connectivity index is 1.53. The van der Waals surface area contributed by atoms with Crippen LogP contribution in [0.1, 0.15) is 57.4 Å². The first-order chi connectivity index (χ1) is 15.0. The predicted octanol–water partition coefficient (Wildman–Crippen LogP) is 3.58. The molecule has 2 amide bonds. The van der Waals surface area contributed by atoms with Gasteiger partial charge in [-0.2, -0.15) is 0 Å². The Morgan fingerprint density at radius 1 is 1.23 bits per heavy atom. The molecule has 1 aromatic heterocycles. The topological polar surface area (TPSA) is 104 Å². The van der Waals surface area contributed by atoms with Crippen molar-refractivity contribution in [2.45, 2.75) is 32.2 Å². The fourth-order valence-electron chi connectivity index (χ4n) is 3.98. The second-order valence-electron chi connectivity index (χ2n) is 7.92. The zero-order valence-corrected chi connectivity index (χ0v) is 18.2. The number of fused-ring (bicyclic) bond motifs is 1. The van der Waals surface area contributed by atoms with Crippen LogP contribution in [0.4, 0.5) is 0 Å². The third-order valence-electron chi connectivity index (χ3n) is 5.67. The summed E-state index contributed by atoms with van der Waals surface area (Å²) in [6, 6.07) is 10.3. The molecule has 1 saturated heterocycles. The van der Waals surface area contributed by atoms with E-state index in [2.05, 4.69) is 15.3 Å². The molecular weight excluding hydrogens is 414 g/mol. The molecule has 2 heterocycles. The molecule has 8 heteroatoms. The van der Waals surface area contributed by atoms with Crippen LogP contribution in [0.15, 0.2) is 36.4 Å². The quantitative estimate of drug-likeness (QED) is 0.546. The summed E-state index contributed by atoms with van der Waals surface area (Å²) in [5.41, 5.74) is 9.29. The molecule has 0 aliphatic carbocycles. The number of halogens is 1. The minimum absolute atomic E-state index is 0.0314. The van der Waals surface area contributed by atoms with E-state index in [-0.39, 0.29) is 17.9 Å². The van der Waals surface area contributed by atoms with Crippen LogP contribution in [-0.2, 0) is 0 Å². The minimum Gasteiger partial charge on any atom is -0.342 e. The number of aromatic amines is 1. The maximum absolute atomic E-state index is 13.0. The molecule has 3 aromatic rings. The number of rotatable bonds is 6. The number of aryl methyl sites for hydroxylation is 1. The van der Waals surface area contributed by atoms with Crippen LogP contribution in [0.5, 0.6) is 0 Å². The third-order valence-corrected chi connectivity index (χ3v) is 5.90. The van der Waals surface area contributed by atoms with Crippen LogP contribution < -0.4 is 11.1 Å². The van der Waals surface area contributed by atoms with Crippen LogP contribution in [0.2, 0.25) is 5.02 Å². The number of nitrogens with one attached hydrogen (secondary N) is 2. The molecule has 0 unspecified atom stereocenters. The maximum Gasteiger partial charge on any atom is 0.254 e. The van der Waals surface area contributed by atoms with Crippen molar-refractivity contribution < 1.29 is 9.59 Å². The summed E-state index contributed by atoms with van der Waals surface area (Å²) in [6.07, 6.45) is 2.62. The minimum atomic E-state index is -0.366. The number of aromatic nitrogens is 2. The van der Waals surface area contributed by atoms with Gasteiger partial charge in [0, 0.05) is 29.2 Å². The summed E-state index contributed by atoms with van der Waals surface area (Å²) in [4.78, 5) is 35.3. The van der Waals surface area contributed by atoms with Crippen LogP contribution in [0.25, 0.3) is 11.0 Å². The average Bonchev–Trinajstić information content (AvgIpc) is 3.42. The van der Waals surface area contributed by atoms with Gasteiger partial charge < -0.3 is 20.9 Å². The van der Waals surface area contributed by atoms with Gasteiger partial charge in [-0.05, 0) is 74.7 Å². The number of likely N-dealkylation sites (tertiary alicyclic amines) is 1. The monoisotopic (exact) mass is 439 g/mol. The van der Waals surface area contributed by atoms with Crippen molar-refractivity contribution in [3.63, 3.8) is 0 Å². The van der Waals surface area contributed by atoms with Crippen molar-refractivity contribution in [1.82, 2.24) is 20.2 Å². The zero-order valence-electron chi connectivity index (χ0n) is 17.5. The van der Waals surface area contributed by atoms with Crippen LogP contribution in [0, 0.1) is 6.92 Å². The first kappa shape index (κ1) is 21.3. The second-order valence-corrected chi connectivity index (χ2v) is 8.35. The number of hydrogen-bond donors (Lipinski definition) is 3. The Bertz CT molecular complexity index is 1120. The molecule has 0 spiro atoms. The number of nitrogens with zero attached hydrogens (tertiary/aromatic N) is 2. The second kappa shape index (κ2) is 9.08. The van der Waals surface area contributed by atoms with Crippen molar-refractivity contribution in [2.75, 3.05) is 19.6 Å². The summed E-state index contributed by atoms with van der Waals surface area (Å²) < 4.78 is 0. The largest absolute Gasteiger partial charge is 0.342 e. The van der Waals surface area contributed by atoms with Crippen molar-refractivity contribution in [3.8, 4) is 0 Å². The molecule has 1 aliphatic rings. The highest BCUT2D eigenvalue weighted by Gasteiger charge is 2.23. The number of imidazole rings is 1. The number of hydrogen-bond acceptors (Lipinski definition) is 4. The van der Waals surface area contributed by atoms with Gasteiger partial charge in [0.15, 0.2) is 0 Å². The lowest BCUT2D eigenvalue weighted by Crippen LogP contribution is -2.31. The molecule has 1 atom stereocenters. The molecule has 162 valence electrons. The molecule has 4 rings (SSSR count). The first-order valence-electron chi connectivity index (χ1n) is 10.5. The van der Waals surface area contributed by atoms with Gasteiger partial charge in [0.1, 0.15) is 5.82 Å². The summed E-state index contributed by atoms with van der Waals surface area (Å²) in [5, 5.41) is 3.62. The fraction of sp³-hybridized carbons (Fsp3) is 0.348.